The number of aliphatic carboxylic acids is 1. The molecular formula is C12H22N6O6. The number of nitrogens with two attached hydrogens (primary N) is 2. The lowest BCUT2D eigenvalue weighted by Crippen LogP contribution is -2.51. The number of carbonyl (C=O) groups excluding carboxylic acids is 2. The number of aliphatic hydroxyl groups is 1. The average Bonchev–Trinajstić information content (AvgIpc) is 2.89. The van der Waals surface area contributed by atoms with Gasteiger partial charge in [0.1, 0.15) is 0 Å². The molecule has 0 saturated carbocycles. The van der Waals surface area contributed by atoms with Crippen LogP contribution in [0, 0.1) is 0 Å². The fourth-order valence-corrected chi connectivity index (χ4v) is 1.32. The van der Waals surface area contributed by atoms with Crippen molar-refractivity contribution in [3.05, 3.63) is 11.8 Å². The predicted molar refractivity (Wildman–Crippen MR) is 80.4 cm³/mol. The number of amides is 3. The first kappa shape index (κ1) is 21.3. The quantitative estimate of drug-likeness (QED) is 0.313. The van der Waals surface area contributed by atoms with Crippen LogP contribution < -0.4 is 22.1 Å². The molecule has 0 fully saturated rings. The van der Waals surface area contributed by atoms with Crippen molar-refractivity contribution < 1.29 is 29.0 Å². The number of hydrogen-bond donors (Lipinski definition) is 6. The van der Waals surface area contributed by atoms with Crippen molar-refractivity contribution in [3.8, 4) is 0 Å². The average molecular weight is 346 g/mol. The topological polar surface area (TPSA) is 207 Å². The van der Waals surface area contributed by atoms with Gasteiger partial charge in [0.25, 0.3) is 0 Å². The summed E-state index contributed by atoms with van der Waals surface area (Å²) in [5.41, 5.74) is 9.79. The first-order valence-electron chi connectivity index (χ1n) is 6.90. The third-order valence-electron chi connectivity index (χ3n) is 2.30. The molecule has 1 aromatic rings. The van der Waals surface area contributed by atoms with E-state index >= 15 is 0 Å². The first-order valence-corrected chi connectivity index (χ1v) is 6.90. The Morgan fingerprint density at radius 2 is 1.83 bits per heavy atom. The van der Waals surface area contributed by atoms with Crippen LogP contribution in [0.4, 0.5) is 4.79 Å². The molecule has 0 aliphatic heterocycles. The highest BCUT2D eigenvalue weighted by molar-refractivity contribution is 5.82. The maximum Gasteiger partial charge on any atom is 0.328 e. The molecule has 1 aromatic heterocycles. The number of carbonyl (C=O) groups is 3. The number of nitrogens with one attached hydrogen (secondary N) is 2. The van der Waals surface area contributed by atoms with Crippen molar-refractivity contribution in [2.75, 3.05) is 6.54 Å². The summed E-state index contributed by atoms with van der Waals surface area (Å²) in [5, 5.41) is 29.8. The number of urea groups is 1. The van der Waals surface area contributed by atoms with E-state index < -0.39 is 24.1 Å². The molecule has 1 heterocycles. The van der Waals surface area contributed by atoms with Gasteiger partial charge in [0.05, 0.1) is 12.6 Å². The van der Waals surface area contributed by atoms with Gasteiger partial charge in [-0.05, 0) is 6.92 Å². The minimum Gasteiger partial charge on any atom is -0.480 e. The summed E-state index contributed by atoms with van der Waals surface area (Å²) < 4.78 is 5.16. The molecule has 1 rings (SSSR count). The van der Waals surface area contributed by atoms with Crippen LogP contribution in [0.25, 0.3) is 0 Å². The fraction of sp³-hybridized carbons (Fsp3) is 0.583. The summed E-state index contributed by atoms with van der Waals surface area (Å²) in [5.74, 6) is -1.14. The van der Waals surface area contributed by atoms with Crippen molar-refractivity contribution in [1.29, 1.82) is 0 Å². The van der Waals surface area contributed by atoms with Crippen LogP contribution in [0.2, 0.25) is 0 Å². The van der Waals surface area contributed by atoms with Crippen LogP contribution in [0.1, 0.15) is 25.6 Å². The van der Waals surface area contributed by atoms with E-state index in [1.165, 1.54) is 13.8 Å². The molecule has 2 atom stereocenters. The van der Waals surface area contributed by atoms with Crippen LogP contribution in [0.5, 0.6) is 0 Å². The second kappa shape index (κ2) is 10.9. The Bertz CT molecular complexity index is 542. The lowest BCUT2D eigenvalue weighted by Gasteiger charge is -2.16. The van der Waals surface area contributed by atoms with Crippen molar-refractivity contribution in [1.82, 2.24) is 20.8 Å². The van der Waals surface area contributed by atoms with Crippen LogP contribution in [0.15, 0.2) is 4.42 Å². The molecule has 0 aliphatic rings. The number of aliphatic hydroxyl groups excluding tert-OH is 1. The Labute approximate surface area is 137 Å². The summed E-state index contributed by atoms with van der Waals surface area (Å²) >= 11 is 0. The lowest BCUT2D eigenvalue weighted by molar-refractivity contribution is -0.141. The number of nitrogens with zero attached hydrogens (tertiary/aromatic N) is 2. The van der Waals surface area contributed by atoms with Crippen LogP contribution >= 0.6 is 0 Å². The smallest absolute Gasteiger partial charge is 0.328 e. The fourth-order valence-electron chi connectivity index (χ4n) is 1.32. The monoisotopic (exact) mass is 346 g/mol. The Morgan fingerprint density at radius 1 is 1.29 bits per heavy atom. The summed E-state index contributed by atoms with van der Waals surface area (Å²) in [4.78, 5) is 31.5. The van der Waals surface area contributed by atoms with E-state index in [1.807, 2.05) is 0 Å². The van der Waals surface area contributed by atoms with Gasteiger partial charge in [-0.3, -0.25) is 4.79 Å². The van der Waals surface area contributed by atoms with Gasteiger partial charge in [-0.25, -0.2) is 9.59 Å². The van der Waals surface area contributed by atoms with Gasteiger partial charge < -0.3 is 36.7 Å². The largest absolute Gasteiger partial charge is 0.480 e. The molecule has 0 saturated heterocycles. The van der Waals surface area contributed by atoms with Crippen LogP contribution in [-0.4, -0.2) is 57.0 Å². The minimum atomic E-state index is -1.40. The molecule has 8 N–H and O–H groups in total. The Balaban J connectivity index is 0.00000118. The van der Waals surface area contributed by atoms with E-state index in [2.05, 4.69) is 26.6 Å². The zero-order valence-corrected chi connectivity index (χ0v) is 13.4. The Kier molecular flexibility index (Phi) is 9.67. The molecule has 24 heavy (non-hydrogen) atoms. The maximum atomic E-state index is 11.5. The summed E-state index contributed by atoms with van der Waals surface area (Å²) in [6.07, 6.45) is -0.791. The molecule has 3 amide bonds. The van der Waals surface area contributed by atoms with Gasteiger partial charge in [0.15, 0.2) is 6.04 Å². The van der Waals surface area contributed by atoms with Gasteiger partial charge in [0, 0.05) is 19.9 Å². The molecule has 0 aromatic carbocycles. The zero-order valence-electron chi connectivity index (χ0n) is 13.4. The van der Waals surface area contributed by atoms with E-state index in [9.17, 15) is 19.5 Å². The lowest BCUT2D eigenvalue weighted by atomic mass is 10.2. The first-order chi connectivity index (χ1) is 11.2. The SMILES string of the molecule is CC(N)=O.CC(O)C(NC(=O)NCc1nnc(CCN)o1)C(=O)O. The van der Waals surface area contributed by atoms with Gasteiger partial charge in [0.2, 0.25) is 17.7 Å². The molecule has 0 spiro atoms. The Morgan fingerprint density at radius 3 is 2.29 bits per heavy atom. The van der Waals surface area contributed by atoms with E-state index in [4.69, 9.17) is 15.3 Å². The number of primary amides is 1. The third-order valence-corrected chi connectivity index (χ3v) is 2.30. The van der Waals surface area contributed by atoms with Crippen molar-refractivity contribution >= 4 is 17.9 Å². The minimum absolute atomic E-state index is 0.0600. The summed E-state index contributed by atoms with van der Waals surface area (Å²) in [6.45, 7) is 2.87. The van der Waals surface area contributed by atoms with E-state index in [-0.39, 0.29) is 18.3 Å². The van der Waals surface area contributed by atoms with E-state index in [1.54, 1.807) is 0 Å². The normalized spacial score (nSPS) is 12.3. The van der Waals surface area contributed by atoms with Crippen molar-refractivity contribution in [3.63, 3.8) is 0 Å². The number of aromatic nitrogens is 2. The maximum absolute atomic E-state index is 11.5. The van der Waals surface area contributed by atoms with Gasteiger partial charge >= 0.3 is 12.0 Å². The van der Waals surface area contributed by atoms with Crippen molar-refractivity contribution in [2.45, 2.75) is 39.0 Å². The standard InChI is InChI=1S/C10H17N5O5.C2H5NO/c1-5(16)8(9(17)18)13-10(19)12-4-7-15-14-6(20-7)2-3-11;1-2(3)4/h5,8,16H,2-4,11H2,1H3,(H,17,18)(H2,12,13,19);1H3,(H2,3,4). The van der Waals surface area contributed by atoms with E-state index in [0.29, 0.717) is 18.9 Å². The molecular weight excluding hydrogens is 324 g/mol. The summed E-state index contributed by atoms with van der Waals surface area (Å²) in [6, 6.07) is -2.16. The summed E-state index contributed by atoms with van der Waals surface area (Å²) in [7, 11) is 0. The second-order valence-electron chi connectivity index (χ2n) is 4.62. The molecule has 0 radical (unpaired) electrons. The van der Waals surface area contributed by atoms with Gasteiger partial charge in [-0.2, -0.15) is 0 Å². The number of carboxylic acid groups (broad SMARTS) is 1. The highest BCUT2D eigenvalue weighted by Gasteiger charge is 2.24. The molecule has 2 unspecified atom stereocenters. The molecule has 136 valence electrons. The van der Waals surface area contributed by atoms with Crippen LogP contribution in [-0.2, 0) is 22.6 Å². The number of carboxylic acids is 1. The molecule has 12 nitrogen and oxygen atoms in total. The number of rotatable bonds is 7. The van der Waals surface area contributed by atoms with Crippen LogP contribution in [0.3, 0.4) is 0 Å². The van der Waals surface area contributed by atoms with E-state index in [0.717, 1.165) is 0 Å². The van der Waals surface area contributed by atoms with Crippen molar-refractivity contribution in [2.24, 2.45) is 11.5 Å². The molecule has 12 heteroatoms. The van der Waals surface area contributed by atoms with Gasteiger partial charge in [-0.1, -0.05) is 0 Å². The van der Waals surface area contributed by atoms with Gasteiger partial charge in [-0.15, -0.1) is 10.2 Å². The predicted octanol–water partition coefficient (Wildman–Crippen LogP) is -2.30. The third kappa shape index (κ3) is 9.32. The zero-order chi connectivity index (χ0) is 18.7. The second-order valence-corrected chi connectivity index (χ2v) is 4.62. The number of hydrogen-bond acceptors (Lipinski definition) is 8. The highest BCUT2D eigenvalue weighted by atomic mass is 16.4. The molecule has 0 aliphatic carbocycles. The molecule has 0 bridgehead atoms. The highest BCUT2D eigenvalue weighted by Crippen LogP contribution is 1.99. The Hall–Kier alpha value is -2.73.